The minimum atomic E-state index is -1.02. The largest absolute Gasteiger partial charge is 0.495 e. The van der Waals surface area contributed by atoms with Crippen molar-refractivity contribution in [3.05, 3.63) is 47.0 Å². The number of hydrogen-bond donors (Lipinski definition) is 2. The first-order valence-electron chi connectivity index (χ1n) is 7.89. The molecule has 0 saturated carbocycles. The van der Waals surface area contributed by atoms with Crippen LogP contribution in [0.3, 0.4) is 0 Å². The number of aromatic nitrogens is 1. The van der Waals surface area contributed by atoms with Crippen LogP contribution in [0.15, 0.2) is 36.4 Å². The molecule has 0 aliphatic rings. The van der Waals surface area contributed by atoms with Gasteiger partial charge >= 0.3 is 5.97 Å². The number of hydrogen-bond acceptors (Lipinski definition) is 7. The average molecular weight is 406 g/mol. The number of nitrogens with zero attached hydrogens (tertiary/aromatic N) is 1. The number of rotatable bonds is 5. The zero-order valence-electron chi connectivity index (χ0n) is 14.5. The van der Waals surface area contributed by atoms with E-state index in [1.165, 1.54) is 25.4 Å². The van der Waals surface area contributed by atoms with Gasteiger partial charge in [-0.05, 0) is 43.3 Å². The molecule has 0 saturated heterocycles. The van der Waals surface area contributed by atoms with Crippen molar-refractivity contribution < 1.29 is 19.1 Å². The smallest absolute Gasteiger partial charge is 0.338 e. The van der Waals surface area contributed by atoms with Crippen LogP contribution in [0.5, 0.6) is 5.75 Å². The van der Waals surface area contributed by atoms with E-state index < -0.39 is 18.0 Å². The number of anilines is 2. The van der Waals surface area contributed by atoms with Crippen LogP contribution in [-0.2, 0) is 9.53 Å². The van der Waals surface area contributed by atoms with E-state index in [0.717, 1.165) is 4.70 Å². The number of halogens is 1. The topological polar surface area (TPSA) is 104 Å². The van der Waals surface area contributed by atoms with E-state index in [9.17, 15) is 9.59 Å². The van der Waals surface area contributed by atoms with E-state index in [4.69, 9.17) is 26.8 Å². The highest BCUT2D eigenvalue weighted by Crippen LogP contribution is 2.28. The van der Waals surface area contributed by atoms with E-state index in [0.29, 0.717) is 32.7 Å². The number of nitrogens with one attached hydrogen (secondary N) is 1. The Morgan fingerprint density at radius 3 is 2.78 bits per heavy atom. The fourth-order valence-electron chi connectivity index (χ4n) is 2.36. The predicted octanol–water partition coefficient (Wildman–Crippen LogP) is 3.72. The van der Waals surface area contributed by atoms with Gasteiger partial charge < -0.3 is 20.5 Å². The van der Waals surface area contributed by atoms with Crippen molar-refractivity contribution in [2.24, 2.45) is 0 Å². The van der Waals surface area contributed by atoms with Crippen molar-refractivity contribution in [3.8, 4) is 5.75 Å². The molecule has 0 aliphatic carbocycles. The van der Waals surface area contributed by atoms with Crippen LogP contribution >= 0.6 is 22.9 Å². The molecule has 9 heteroatoms. The lowest BCUT2D eigenvalue weighted by molar-refractivity contribution is -0.123. The summed E-state index contributed by atoms with van der Waals surface area (Å²) in [6.45, 7) is 1.48. The first-order valence-corrected chi connectivity index (χ1v) is 9.08. The second-order valence-electron chi connectivity index (χ2n) is 5.62. The first-order chi connectivity index (χ1) is 12.9. The second kappa shape index (κ2) is 7.81. The van der Waals surface area contributed by atoms with Gasteiger partial charge in [0.1, 0.15) is 5.75 Å². The molecule has 0 radical (unpaired) electrons. The van der Waals surface area contributed by atoms with E-state index in [2.05, 4.69) is 10.3 Å². The maximum Gasteiger partial charge on any atom is 0.338 e. The van der Waals surface area contributed by atoms with Crippen LogP contribution in [0.4, 0.5) is 10.8 Å². The summed E-state index contributed by atoms with van der Waals surface area (Å²) in [6, 6.07) is 9.71. The molecule has 0 aliphatic heterocycles. The van der Waals surface area contributed by atoms with Crippen molar-refractivity contribution in [1.82, 2.24) is 4.98 Å². The lowest BCUT2D eigenvalue weighted by atomic mass is 10.2. The molecular formula is C18H16ClN3O4S. The van der Waals surface area contributed by atoms with Gasteiger partial charge in [-0.3, -0.25) is 4.79 Å². The van der Waals surface area contributed by atoms with Gasteiger partial charge in [0.05, 0.1) is 28.6 Å². The molecule has 3 aromatic rings. The third kappa shape index (κ3) is 4.29. The summed E-state index contributed by atoms with van der Waals surface area (Å²) in [7, 11) is 1.48. The molecule has 0 spiro atoms. The van der Waals surface area contributed by atoms with E-state index in [1.807, 2.05) is 0 Å². The number of thiazole rings is 1. The highest BCUT2D eigenvalue weighted by Gasteiger charge is 2.21. The molecule has 7 nitrogen and oxygen atoms in total. The van der Waals surface area contributed by atoms with Crippen LogP contribution in [0.1, 0.15) is 17.3 Å². The minimum absolute atomic E-state index is 0.311. The number of esters is 1. The van der Waals surface area contributed by atoms with Crippen LogP contribution in [0.25, 0.3) is 10.2 Å². The van der Waals surface area contributed by atoms with Gasteiger partial charge in [0.15, 0.2) is 11.2 Å². The monoisotopic (exact) mass is 405 g/mol. The van der Waals surface area contributed by atoms with Gasteiger partial charge in [-0.1, -0.05) is 22.9 Å². The third-order valence-electron chi connectivity index (χ3n) is 3.71. The minimum Gasteiger partial charge on any atom is -0.495 e. The van der Waals surface area contributed by atoms with Crippen molar-refractivity contribution in [2.45, 2.75) is 13.0 Å². The maximum absolute atomic E-state index is 12.4. The SMILES string of the molecule is COc1ccc(Cl)cc1NC(=O)C(C)OC(=O)c1ccc2nc(N)sc2c1. The zero-order chi connectivity index (χ0) is 19.6. The number of carbonyl (C=O) groups excluding carboxylic acids is 2. The molecule has 2 aromatic carbocycles. The number of methoxy groups -OCH3 is 1. The fourth-order valence-corrected chi connectivity index (χ4v) is 3.31. The first kappa shape index (κ1) is 18.9. The van der Waals surface area contributed by atoms with Crippen LogP contribution < -0.4 is 15.8 Å². The summed E-state index contributed by atoms with van der Waals surface area (Å²) in [5.41, 5.74) is 7.06. The van der Waals surface area contributed by atoms with Crippen LogP contribution in [-0.4, -0.2) is 30.1 Å². The van der Waals surface area contributed by atoms with E-state index in [1.54, 1.807) is 36.4 Å². The second-order valence-corrected chi connectivity index (χ2v) is 7.11. The van der Waals surface area contributed by atoms with Crippen molar-refractivity contribution in [3.63, 3.8) is 0 Å². The Kier molecular flexibility index (Phi) is 5.48. The van der Waals surface area contributed by atoms with Crippen molar-refractivity contribution in [2.75, 3.05) is 18.2 Å². The predicted molar refractivity (Wildman–Crippen MR) is 106 cm³/mol. The molecular weight excluding hydrogens is 390 g/mol. The standard InChI is InChI=1S/C18H16ClN3O4S/c1-9(16(23)21-13-8-11(19)4-6-14(13)25-2)26-17(24)10-3-5-12-15(7-10)27-18(20)22-12/h3-9H,1-2H3,(H2,20,22)(H,21,23). The Morgan fingerprint density at radius 1 is 1.26 bits per heavy atom. The molecule has 1 atom stereocenters. The molecule has 3 N–H and O–H groups in total. The summed E-state index contributed by atoms with van der Waals surface area (Å²) in [4.78, 5) is 28.8. The van der Waals surface area contributed by atoms with Gasteiger partial charge in [-0.25, -0.2) is 9.78 Å². The van der Waals surface area contributed by atoms with Gasteiger partial charge in [-0.2, -0.15) is 0 Å². The Labute approximate surface area is 164 Å². The van der Waals surface area contributed by atoms with Crippen molar-refractivity contribution >= 4 is 55.8 Å². The van der Waals surface area contributed by atoms with Crippen molar-refractivity contribution in [1.29, 1.82) is 0 Å². The summed E-state index contributed by atoms with van der Waals surface area (Å²) < 4.78 is 11.2. The Bertz CT molecular complexity index is 1020. The number of nitrogens with two attached hydrogens (primary N) is 1. The van der Waals surface area contributed by atoms with Crippen LogP contribution in [0.2, 0.25) is 5.02 Å². The lowest BCUT2D eigenvalue weighted by Gasteiger charge is -2.15. The highest BCUT2D eigenvalue weighted by molar-refractivity contribution is 7.22. The Balaban J connectivity index is 1.69. The number of benzene rings is 2. The van der Waals surface area contributed by atoms with Gasteiger partial charge in [0.25, 0.3) is 5.91 Å². The Hall–Kier alpha value is -2.84. The molecule has 0 bridgehead atoms. The zero-order valence-corrected chi connectivity index (χ0v) is 16.1. The number of ether oxygens (including phenoxy) is 2. The van der Waals surface area contributed by atoms with Gasteiger partial charge in [0, 0.05) is 5.02 Å². The molecule has 140 valence electrons. The number of carbonyl (C=O) groups is 2. The summed E-state index contributed by atoms with van der Waals surface area (Å²) in [6.07, 6.45) is -1.02. The van der Waals surface area contributed by atoms with Gasteiger partial charge in [-0.15, -0.1) is 0 Å². The van der Waals surface area contributed by atoms with E-state index in [-0.39, 0.29) is 0 Å². The average Bonchev–Trinajstić information content (AvgIpc) is 3.00. The van der Waals surface area contributed by atoms with Gasteiger partial charge in [0.2, 0.25) is 0 Å². The normalized spacial score (nSPS) is 11.8. The molecule has 27 heavy (non-hydrogen) atoms. The summed E-state index contributed by atoms with van der Waals surface area (Å²) in [5.74, 6) is -0.684. The molecule has 1 aromatic heterocycles. The lowest BCUT2D eigenvalue weighted by Crippen LogP contribution is -2.30. The number of amides is 1. The molecule has 0 fully saturated rings. The highest BCUT2D eigenvalue weighted by atomic mass is 35.5. The summed E-state index contributed by atoms with van der Waals surface area (Å²) >= 11 is 7.21. The third-order valence-corrected chi connectivity index (χ3v) is 4.80. The molecule has 1 unspecified atom stereocenters. The molecule has 1 heterocycles. The van der Waals surface area contributed by atoms with E-state index >= 15 is 0 Å². The Morgan fingerprint density at radius 2 is 2.04 bits per heavy atom. The number of fused-ring (bicyclic) bond motifs is 1. The van der Waals surface area contributed by atoms with Crippen LogP contribution in [0, 0.1) is 0 Å². The molecule has 1 amide bonds. The number of nitrogen functional groups attached to an aromatic ring is 1. The fraction of sp³-hybridized carbons (Fsp3) is 0.167. The molecule has 3 rings (SSSR count). The maximum atomic E-state index is 12.4. The summed E-state index contributed by atoms with van der Waals surface area (Å²) in [5, 5.41) is 3.50. The quantitative estimate of drug-likeness (QED) is 0.627.